The molecule has 3 rings (SSSR count). The Kier molecular flexibility index (Phi) is 7.71. The van der Waals surface area contributed by atoms with Crippen molar-refractivity contribution in [2.45, 2.75) is 13.8 Å². The number of benzene rings is 2. The van der Waals surface area contributed by atoms with Crippen LogP contribution in [0, 0.1) is 0 Å². The van der Waals surface area contributed by atoms with Gasteiger partial charge < -0.3 is 14.8 Å². The third kappa shape index (κ3) is 6.26. The topological polar surface area (TPSA) is 106 Å². The Bertz CT molecular complexity index is 1110. The van der Waals surface area contributed by atoms with Gasteiger partial charge in [-0.25, -0.2) is 10.2 Å². The zero-order chi connectivity index (χ0) is 22.9. The van der Waals surface area contributed by atoms with Crippen molar-refractivity contribution in [3.05, 3.63) is 76.5 Å². The fraction of sp³-hybridized carbons (Fsp3) is 0.130. The van der Waals surface area contributed by atoms with E-state index in [1.165, 1.54) is 11.3 Å². The van der Waals surface area contributed by atoms with Crippen LogP contribution in [0.5, 0.6) is 11.5 Å². The van der Waals surface area contributed by atoms with Crippen LogP contribution in [0.15, 0.2) is 71.1 Å². The van der Waals surface area contributed by atoms with Crippen LogP contribution in [-0.2, 0) is 9.59 Å². The number of hydrogen-bond acceptors (Lipinski definition) is 7. The third-order valence-electron chi connectivity index (χ3n) is 4.16. The van der Waals surface area contributed by atoms with Gasteiger partial charge in [-0.3, -0.25) is 9.59 Å². The van der Waals surface area contributed by atoms with Crippen molar-refractivity contribution in [2.75, 3.05) is 11.9 Å². The van der Waals surface area contributed by atoms with Crippen molar-refractivity contribution < 1.29 is 23.9 Å². The van der Waals surface area contributed by atoms with E-state index in [-0.39, 0.29) is 0 Å². The predicted octanol–water partition coefficient (Wildman–Crippen LogP) is 3.84. The number of ether oxygens (including phenoxy) is 2. The van der Waals surface area contributed by atoms with Crippen molar-refractivity contribution >= 4 is 40.5 Å². The number of hydrogen-bond donors (Lipinski definition) is 2. The molecule has 0 saturated heterocycles. The Morgan fingerprint density at radius 3 is 2.25 bits per heavy atom. The summed E-state index contributed by atoms with van der Waals surface area (Å²) in [5.74, 6) is -1.12. The van der Waals surface area contributed by atoms with Crippen LogP contribution in [0.2, 0.25) is 0 Å². The van der Waals surface area contributed by atoms with Crippen LogP contribution in [0.3, 0.4) is 0 Å². The summed E-state index contributed by atoms with van der Waals surface area (Å²) in [5, 5.41) is 8.24. The van der Waals surface area contributed by atoms with Crippen LogP contribution >= 0.6 is 11.3 Å². The molecular formula is C23H21N3O5S. The summed E-state index contributed by atoms with van der Waals surface area (Å²) < 4.78 is 10.6. The highest BCUT2D eigenvalue weighted by molar-refractivity contribution is 7.12. The Balaban J connectivity index is 1.53. The number of amides is 2. The summed E-state index contributed by atoms with van der Waals surface area (Å²) in [4.78, 5) is 36.6. The molecule has 2 amide bonds. The first-order valence-corrected chi connectivity index (χ1v) is 10.6. The Hall–Kier alpha value is -3.98. The fourth-order valence-electron chi connectivity index (χ4n) is 2.56. The number of rotatable bonds is 7. The molecule has 164 valence electrons. The van der Waals surface area contributed by atoms with E-state index in [9.17, 15) is 14.4 Å². The molecule has 0 radical (unpaired) electrons. The van der Waals surface area contributed by atoms with Gasteiger partial charge in [0.15, 0.2) is 0 Å². The van der Waals surface area contributed by atoms with E-state index in [2.05, 4.69) is 15.8 Å². The van der Waals surface area contributed by atoms with Gasteiger partial charge in [-0.15, -0.1) is 11.3 Å². The normalized spacial score (nSPS) is 10.9. The summed E-state index contributed by atoms with van der Waals surface area (Å²) in [6, 6.07) is 16.8. The van der Waals surface area contributed by atoms with Gasteiger partial charge in [0, 0.05) is 5.69 Å². The van der Waals surface area contributed by atoms with Crippen LogP contribution in [0.4, 0.5) is 5.69 Å². The number of carbonyl (C=O) groups is 3. The molecule has 1 aromatic heterocycles. The minimum Gasteiger partial charge on any atom is -0.494 e. The van der Waals surface area contributed by atoms with Crippen molar-refractivity contribution in [3.63, 3.8) is 0 Å². The molecule has 0 saturated carbocycles. The molecule has 8 nitrogen and oxygen atoms in total. The largest absolute Gasteiger partial charge is 0.494 e. The highest BCUT2D eigenvalue weighted by Gasteiger charge is 2.14. The molecule has 1 heterocycles. The van der Waals surface area contributed by atoms with Gasteiger partial charge in [0.05, 0.1) is 12.3 Å². The smallest absolute Gasteiger partial charge is 0.353 e. The van der Waals surface area contributed by atoms with Crippen molar-refractivity contribution in [2.24, 2.45) is 5.10 Å². The molecule has 0 aliphatic carbocycles. The maximum absolute atomic E-state index is 12.0. The SMILES string of the molecule is CCOc1ccc(NC(=O)C(=O)N/N=C(\C)c2ccc(OC(=O)c3cccs3)cc2)cc1. The highest BCUT2D eigenvalue weighted by atomic mass is 32.1. The van der Waals surface area contributed by atoms with Crippen LogP contribution in [-0.4, -0.2) is 30.1 Å². The van der Waals surface area contributed by atoms with Gasteiger partial charge in [0.2, 0.25) is 0 Å². The minimum atomic E-state index is -0.903. The Morgan fingerprint density at radius 1 is 0.938 bits per heavy atom. The summed E-state index contributed by atoms with van der Waals surface area (Å²) in [6.07, 6.45) is 0. The molecular weight excluding hydrogens is 430 g/mol. The summed E-state index contributed by atoms with van der Waals surface area (Å²) in [5.41, 5.74) is 3.85. The number of carbonyl (C=O) groups excluding carboxylic acids is 3. The number of nitrogens with zero attached hydrogens (tertiary/aromatic N) is 1. The zero-order valence-electron chi connectivity index (χ0n) is 17.5. The minimum absolute atomic E-state index is 0.388. The molecule has 0 atom stereocenters. The summed E-state index contributed by atoms with van der Waals surface area (Å²) >= 11 is 1.30. The highest BCUT2D eigenvalue weighted by Crippen LogP contribution is 2.17. The van der Waals surface area contributed by atoms with E-state index in [1.54, 1.807) is 73.0 Å². The standard InChI is InChI=1S/C23H21N3O5S/c1-3-30-18-12-8-17(9-13-18)24-21(27)22(28)26-25-15(2)16-6-10-19(11-7-16)31-23(29)20-5-4-14-32-20/h4-14H,3H2,1-2H3,(H,24,27)(H,26,28)/b25-15+. The van der Waals surface area contributed by atoms with E-state index >= 15 is 0 Å². The monoisotopic (exact) mass is 451 g/mol. The summed E-state index contributed by atoms with van der Waals surface area (Å²) in [7, 11) is 0. The van der Waals surface area contributed by atoms with E-state index in [0.717, 1.165) is 0 Å². The van der Waals surface area contributed by atoms with Gasteiger partial charge in [0.25, 0.3) is 0 Å². The fourth-order valence-corrected chi connectivity index (χ4v) is 3.15. The molecule has 0 fully saturated rings. The van der Waals surface area contributed by atoms with Gasteiger partial charge in [-0.2, -0.15) is 5.10 Å². The molecule has 3 aromatic rings. The molecule has 0 spiro atoms. The number of anilines is 1. The van der Waals surface area contributed by atoms with E-state index in [0.29, 0.717) is 39.9 Å². The lowest BCUT2D eigenvalue weighted by Gasteiger charge is -2.07. The van der Waals surface area contributed by atoms with E-state index < -0.39 is 17.8 Å². The number of thiophene rings is 1. The first kappa shape index (κ1) is 22.7. The van der Waals surface area contributed by atoms with Crippen molar-refractivity contribution in [1.82, 2.24) is 5.43 Å². The average Bonchev–Trinajstić information content (AvgIpc) is 3.34. The maximum Gasteiger partial charge on any atom is 0.353 e. The van der Waals surface area contributed by atoms with Crippen LogP contribution < -0.4 is 20.2 Å². The lowest BCUT2D eigenvalue weighted by atomic mass is 10.1. The molecule has 9 heteroatoms. The van der Waals surface area contributed by atoms with Crippen molar-refractivity contribution in [3.8, 4) is 11.5 Å². The predicted molar refractivity (Wildman–Crippen MR) is 122 cm³/mol. The third-order valence-corrected chi connectivity index (χ3v) is 5.01. The second-order valence-electron chi connectivity index (χ2n) is 6.44. The van der Waals surface area contributed by atoms with Gasteiger partial charge >= 0.3 is 17.8 Å². The molecule has 0 bridgehead atoms. The second-order valence-corrected chi connectivity index (χ2v) is 7.39. The van der Waals surface area contributed by atoms with Crippen LogP contribution in [0.1, 0.15) is 29.1 Å². The molecule has 0 aliphatic heterocycles. The summed E-state index contributed by atoms with van der Waals surface area (Å²) in [6.45, 7) is 4.09. The number of nitrogens with one attached hydrogen (secondary N) is 2. The average molecular weight is 452 g/mol. The van der Waals surface area contributed by atoms with E-state index in [4.69, 9.17) is 9.47 Å². The zero-order valence-corrected chi connectivity index (χ0v) is 18.3. The Morgan fingerprint density at radius 2 is 1.62 bits per heavy atom. The molecule has 0 aliphatic rings. The lowest BCUT2D eigenvalue weighted by Crippen LogP contribution is -2.32. The number of hydrazone groups is 1. The van der Waals surface area contributed by atoms with Gasteiger partial charge in [-0.1, -0.05) is 6.07 Å². The second kappa shape index (κ2) is 10.9. The maximum atomic E-state index is 12.0. The Labute approximate surface area is 188 Å². The van der Waals surface area contributed by atoms with E-state index in [1.807, 2.05) is 6.92 Å². The van der Waals surface area contributed by atoms with Crippen LogP contribution in [0.25, 0.3) is 0 Å². The number of esters is 1. The molecule has 32 heavy (non-hydrogen) atoms. The van der Waals surface area contributed by atoms with Gasteiger partial charge in [-0.05, 0) is 79.4 Å². The first-order valence-electron chi connectivity index (χ1n) is 9.71. The molecule has 2 aromatic carbocycles. The van der Waals surface area contributed by atoms with Gasteiger partial charge in [0.1, 0.15) is 16.4 Å². The first-order chi connectivity index (χ1) is 15.5. The van der Waals surface area contributed by atoms with Crippen molar-refractivity contribution in [1.29, 1.82) is 0 Å². The lowest BCUT2D eigenvalue weighted by molar-refractivity contribution is -0.136. The quantitative estimate of drug-likeness (QED) is 0.187. The molecule has 2 N–H and O–H groups in total. The molecule has 0 unspecified atom stereocenters.